The molecule has 1 aromatic carbocycles. The van der Waals surface area contributed by atoms with Gasteiger partial charge in [0.15, 0.2) is 0 Å². The van der Waals surface area contributed by atoms with E-state index in [-0.39, 0.29) is 21.2 Å². The summed E-state index contributed by atoms with van der Waals surface area (Å²) in [7, 11) is 0. The van der Waals surface area contributed by atoms with Crippen molar-refractivity contribution in [2.75, 3.05) is 10.2 Å². The Bertz CT molecular complexity index is 1320. The van der Waals surface area contributed by atoms with Gasteiger partial charge in [0.2, 0.25) is 0 Å². The van der Waals surface area contributed by atoms with Crippen LogP contribution >= 0.6 is 0 Å². The van der Waals surface area contributed by atoms with Gasteiger partial charge in [-0.05, 0) is 0 Å². The molecule has 7 nitrogen and oxygen atoms in total. The second kappa shape index (κ2) is 8.76. The van der Waals surface area contributed by atoms with E-state index in [9.17, 15) is 0 Å². The van der Waals surface area contributed by atoms with E-state index in [2.05, 4.69) is 38.4 Å². The van der Waals surface area contributed by atoms with Crippen molar-refractivity contribution < 1.29 is 21.2 Å². The molecule has 4 heterocycles. The first-order valence-electron chi connectivity index (χ1n) is 9.72. The minimum atomic E-state index is -0.167. The van der Waals surface area contributed by atoms with Gasteiger partial charge in [0.05, 0.1) is 0 Å². The molecular weight excluding hydrogens is 501 g/mol. The first-order valence-corrected chi connectivity index (χ1v) is 13.0. The molecule has 0 saturated heterocycles. The number of rotatable bonds is 6. The molecule has 0 atom stereocenters. The molecule has 0 unspecified atom stereocenters. The van der Waals surface area contributed by atoms with Crippen LogP contribution in [0.5, 0.6) is 0 Å². The average molecular weight is 520 g/mol. The zero-order chi connectivity index (χ0) is 21.0. The molecule has 0 bridgehead atoms. The molecule has 0 radical (unpaired) electrons. The summed E-state index contributed by atoms with van der Waals surface area (Å²) in [5.74, 6) is 1.27. The van der Waals surface area contributed by atoms with Gasteiger partial charge >= 0.3 is 190 Å². The summed E-state index contributed by atoms with van der Waals surface area (Å²) < 4.78 is 2.88. The Hall–Kier alpha value is -3.40. The van der Waals surface area contributed by atoms with Gasteiger partial charge in [-0.1, -0.05) is 0 Å². The van der Waals surface area contributed by atoms with E-state index in [0.717, 1.165) is 31.9 Å². The molecule has 5 rings (SSSR count). The Morgan fingerprint density at radius 3 is 2.65 bits per heavy atom. The monoisotopic (exact) mass is 520 g/mol. The quantitative estimate of drug-likeness (QED) is 0.263. The predicted octanol–water partition coefficient (Wildman–Crippen LogP) is 0.749. The van der Waals surface area contributed by atoms with Gasteiger partial charge in [0, 0.05) is 0 Å². The van der Waals surface area contributed by atoms with Crippen LogP contribution in [-0.4, -0.2) is 34.5 Å². The summed E-state index contributed by atoms with van der Waals surface area (Å²) in [6, 6.07) is 18.2. The molecule has 0 amide bonds. The second-order valence-corrected chi connectivity index (χ2v) is 8.95. The number of pyridine rings is 1. The molecular formula is C23H19IN7-. The molecule has 31 heavy (non-hydrogen) atoms. The Balaban J connectivity index is 1.64. The van der Waals surface area contributed by atoms with Crippen molar-refractivity contribution >= 4 is 11.3 Å². The van der Waals surface area contributed by atoms with Crippen molar-refractivity contribution in [3.8, 4) is 22.6 Å². The summed E-state index contributed by atoms with van der Waals surface area (Å²) in [5.41, 5.74) is 4.70. The number of fused-ring (bicyclic) bond motifs is 1. The van der Waals surface area contributed by atoms with Crippen molar-refractivity contribution in [1.82, 2.24) is 29.5 Å². The van der Waals surface area contributed by atoms with Crippen molar-refractivity contribution in [2.24, 2.45) is 0 Å². The molecule has 0 saturated carbocycles. The summed E-state index contributed by atoms with van der Waals surface area (Å²) in [6.45, 7) is 0.554. The van der Waals surface area contributed by atoms with E-state index in [4.69, 9.17) is 15.1 Å². The van der Waals surface area contributed by atoms with Crippen molar-refractivity contribution in [2.45, 2.75) is 6.54 Å². The van der Waals surface area contributed by atoms with Gasteiger partial charge in [-0.2, -0.15) is 0 Å². The molecule has 0 aliphatic heterocycles. The van der Waals surface area contributed by atoms with Crippen LogP contribution in [0.3, 0.4) is 0 Å². The topological polar surface area (TPSA) is 80.9 Å². The summed E-state index contributed by atoms with van der Waals surface area (Å²) >= 11 is -0.167. The van der Waals surface area contributed by atoms with Gasteiger partial charge in [-0.25, -0.2) is 0 Å². The van der Waals surface area contributed by atoms with E-state index >= 15 is 0 Å². The fraction of sp³-hybridized carbons (Fsp3) is 0.0870. The normalized spacial score (nSPS) is 11.1. The molecule has 5 aromatic rings. The minimum absolute atomic E-state index is 0.167. The summed E-state index contributed by atoms with van der Waals surface area (Å²) in [4.78, 5) is 20.5. The number of anilines is 1. The van der Waals surface area contributed by atoms with Crippen LogP contribution in [0.4, 0.5) is 5.82 Å². The molecule has 0 fully saturated rings. The maximum absolute atomic E-state index is 4.86. The van der Waals surface area contributed by atoms with E-state index in [0.29, 0.717) is 18.1 Å². The van der Waals surface area contributed by atoms with E-state index < -0.39 is 0 Å². The number of hydrogen-bond donors (Lipinski definition) is 1. The van der Waals surface area contributed by atoms with Crippen molar-refractivity contribution in [3.05, 3.63) is 88.8 Å². The Kier molecular flexibility index (Phi) is 5.53. The fourth-order valence-electron chi connectivity index (χ4n) is 3.33. The number of halogens is 1. The van der Waals surface area contributed by atoms with Crippen LogP contribution < -0.4 is 26.5 Å². The molecule has 0 spiro atoms. The molecule has 1 N–H and O–H groups in total. The molecule has 8 heteroatoms. The molecule has 154 valence electrons. The van der Waals surface area contributed by atoms with Gasteiger partial charge < -0.3 is 0 Å². The zero-order valence-corrected chi connectivity index (χ0v) is 18.9. The zero-order valence-electron chi connectivity index (χ0n) is 16.8. The summed E-state index contributed by atoms with van der Waals surface area (Å²) in [6.07, 6.45) is 7.28. The maximum atomic E-state index is 4.86. The molecule has 0 aliphatic carbocycles. The van der Waals surface area contributed by atoms with Crippen LogP contribution in [0.1, 0.15) is 5.69 Å². The standard InChI is InChI=1S/C23H19IN7/c1-24-20-15-25-14-19(28-20)22-29-23(27-13-17-9-5-6-11-26-17)21-18(10-12-31(21)30-22)16-7-3-2-4-8-16/h2-12,14-15H,13H2,1H3,(H,27,29,30)/q-1. The van der Waals surface area contributed by atoms with Gasteiger partial charge in [-0.15, -0.1) is 0 Å². The third-order valence-corrected chi connectivity index (χ3v) is 6.41. The second-order valence-electron chi connectivity index (χ2n) is 6.76. The van der Waals surface area contributed by atoms with Crippen LogP contribution in [-0.2, 0) is 6.54 Å². The number of nitrogens with zero attached hydrogens (tertiary/aromatic N) is 6. The molecule has 0 aliphatic rings. The Labute approximate surface area is 189 Å². The fourth-order valence-corrected chi connectivity index (χ4v) is 4.27. The van der Waals surface area contributed by atoms with Crippen LogP contribution in [0.15, 0.2) is 79.4 Å². The van der Waals surface area contributed by atoms with E-state index in [1.807, 2.05) is 53.3 Å². The van der Waals surface area contributed by atoms with Crippen LogP contribution in [0, 0.1) is 3.70 Å². The van der Waals surface area contributed by atoms with Gasteiger partial charge in [0.1, 0.15) is 0 Å². The average Bonchev–Trinajstić information content (AvgIpc) is 3.28. The van der Waals surface area contributed by atoms with Crippen molar-refractivity contribution in [1.29, 1.82) is 0 Å². The number of benzene rings is 1. The van der Waals surface area contributed by atoms with E-state index in [1.165, 1.54) is 0 Å². The van der Waals surface area contributed by atoms with Crippen LogP contribution in [0.2, 0.25) is 0 Å². The van der Waals surface area contributed by atoms with E-state index in [1.54, 1.807) is 12.4 Å². The first kappa shape index (κ1) is 19.6. The number of aromatic nitrogens is 6. The summed E-state index contributed by atoms with van der Waals surface area (Å²) in [5, 5.41) is 8.21. The van der Waals surface area contributed by atoms with Crippen molar-refractivity contribution in [3.63, 3.8) is 0 Å². The number of nitrogens with one attached hydrogen (secondary N) is 1. The third kappa shape index (κ3) is 4.11. The van der Waals surface area contributed by atoms with Gasteiger partial charge in [-0.3, -0.25) is 0 Å². The predicted molar refractivity (Wildman–Crippen MR) is 116 cm³/mol. The van der Waals surface area contributed by atoms with Gasteiger partial charge in [0.25, 0.3) is 0 Å². The number of hydrogen-bond acceptors (Lipinski definition) is 6. The Morgan fingerprint density at radius 1 is 0.968 bits per heavy atom. The number of alkyl halides is 1. The van der Waals surface area contributed by atoms with Crippen LogP contribution in [0.25, 0.3) is 28.2 Å². The SMILES string of the molecule is C[I-]c1cncc(-c2nc(NCc3ccccn3)c3c(-c4ccccc4)ccn3n2)n1. The first-order chi connectivity index (χ1) is 15.3. The third-order valence-electron chi connectivity index (χ3n) is 4.79. The Morgan fingerprint density at radius 2 is 1.84 bits per heavy atom. The molecule has 4 aromatic heterocycles.